The van der Waals surface area contributed by atoms with Crippen molar-refractivity contribution in [2.45, 2.75) is 45.0 Å². The zero-order valence-corrected chi connectivity index (χ0v) is 20.1. The standard InChI is InChI=1S/C25H28FNO4Si/c1-25(2,3)32(4,5)31-17-14-27(15-17)23(28)20-12-16(10-11-21(20)26)13-22-18-8-6-7-9-19(18)24(29)30-22/h6-13,17H,14-15H2,1-5H3/b22-13-. The molecule has 0 aliphatic carbocycles. The fourth-order valence-corrected chi connectivity index (χ4v) is 4.92. The number of amides is 1. The zero-order chi connectivity index (χ0) is 23.3. The molecule has 0 unspecified atom stereocenters. The quantitative estimate of drug-likeness (QED) is 0.463. The molecule has 2 heterocycles. The number of carbonyl (C=O) groups is 2. The molecule has 2 aliphatic rings. The summed E-state index contributed by atoms with van der Waals surface area (Å²) in [6, 6.07) is 11.4. The Balaban J connectivity index is 1.49. The lowest BCUT2D eigenvalue weighted by Gasteiger charge is -2.46. The van der Waals surface area contributed by atoms with Gasteiger partial charge < -0.3 is 14.1 Å². The normalized spacial score (nSPS) is 17.9. The summed E-state index contributed by atoms with van der Waals surface area (Å²) >= 11 is 0. The summed E-state index contributed by atoms with van der Waals surface area (Å²) in [7, 11) is -1.92. The van der Waals surface area contributed by atoms with Crippen LogP contribution in [0.1, 0.15) is 52.6 Å². The molecule has 0 atom stereocenters. The van der Waals surface area contributed by atoms with Gasteiger partial charge in [-0.1, -0.05) is 45.0 Å². The van der Waals surface area contributed by atoms with Gasteiger partial charge in [0.25, 0.3) is 5.91 Å². The number of hydrogen-bond donors (Lipinski definition) is 0. The van der Waals surface area contributed by atoms with Gasteiger partial charge in [0, 0.05) is 18.7 Å². The third kappa shape index (κ3) is 4.14. The van der Waals surface area contributed by atoms with Gasteiger partial charge in [0.2, 0.25) is 0 Å². The molecule has 2 aromatic carbocycles. The van der Waals surface area contributed by atoms with E-state index in [0.717, 1.165) is 0 Å². The first kappa shape index (κ1) is 22.4. The minimum absolute atomic E-state index is 0.00253. The number of nitrogens with zero attached hydrogens (tertiary/aromatic N) is 1. The smallest absolute Gasteiger partial charge is 0.344 e. The monoisotopic (exact) mass is 453 g/mol. The average molecular weight is 454 g/mol. The molecule has 0 spiro atoms. The fraction of sp³-hybridized carbons (Fsp3) is 0.360. The first-order chi connectivity index (χ1) is 15.0. The molecule has 168 valence electrons. The minimum Gasteiger partial charge on any atom is -0.422 e. The van der Waals surface area contributed by atoms with Gasteiger partial charge in [-0.3, -0.25) is 4.79 Å². The van der Waals surface area contributed by atoms with Crippen LogP contribution in [0.3, 0.4) is 0 Å². The third-order valence-corrected chi connectivity index (χ3v) is 11.1. The van der Waals surface area contributed by atoms with Gasteiger partial charge >= 0.3 is 5.97 Å². The third-order valence-electron chi connectivity index (χ3n) is 6.54. The number of rotatable bonds is 4. The van der Waals surface area contributed by atoms with E-state index in [9.17, 15) is 14.0 Å². The van der Waals surface area contributed by atoms with Crippen molar-refractivity contribution in [1.29, 1.82) is 0 Å². The van der Waals surface area contributed by atoms with Crippen LogP contribution in [0.4, 0.5) is 4.39 Å². The van der Waals surface area contributed by atoms with Gasteiger partial charge in [-0.15, -0.1) is 0 Å². The summed E-state index contributed by atoms with van der Waals surface area (Å²) < 4.78 is 26.2. The van der Waals surface area contributed by atoms with Crippen molar-refractivity contribution in [2.75, 3.05) is 13.1 Å². The van der Waals surface area contributed by atoms with E-state index in [0.29, 0.717) is 35.5 Å². The molecular weight excluding hydrogens is 425 g/mol. The highest BCUT2D eigenvalue weighted by atomic mass is 28.4. The Kier molecular flexibility index (Phi) is 5.59. The molecule has 0 bridgehead atoms. The van der Waals surface area contributed by atoms with Crippen LogP contribution in [0, 0.1) is 5.82 Å². The molecule has 2 aliphatic heterocycles. The number of benzene rings is 2. The fourth-order valence-electron chi connectivity index (χ4n) is 3.58. The van der Waals surface area contributed by atoms with Gasteiger partial charge in [-0.25, -0.2) is 9.18 Å². The van der Waals surface area contributed by atoms with E-state index in [4.69, 9.17) is 9.16 Å². The van der Waals surface area contributed by atoms with Crippen LogP contribution >= 0.6 is 0 Å². The lowest BCUT2D eigenvalue weighted by atomic mass is 10.0. The maximum Gasteiger partial charge on any atom is 0.344 e. The number of ether oxygens (including phenoxy) is 1. The first-order valence-electron chi connectivity index (χ1n) is 10.8. The molecule has 0 saturated carbocycles. The lowest BCUT2D eigenvalue weighted by Crippen LogP contribution is -2.59. The van der Waals surface area contributed by atoms with E-state index >= 15 is 0 Å². The van der Waals surface area contributed by atoms with E-state index in [-0.39, 0.29) is 22.6 Å². The van der Waals surface area contributed by atoms with Crippen LogP contribution in [0.5, 0.6) is 0 Å². The van der Waals surface area contributed by atoms with Crippen molar-refractivity contribution in [2.24, 2.45) is 0 Å². The summed E-state index contributed by atoms with van der Waals surface area (Å²) in [6.07, 6.45) is 1.64. The maximum atomic E-state index is 14.5. The Morgan fingerprint density at radius 1 is 1.16 bits per heavy atom. The van der Waals surface area contributed by atoms with Gasteiger partial charge in [-0.05, 0) is 48.0 Å². The zero-order valence-electron chi connectivity index (χ0n) is 19.1. The number of likely N-dealkylation sites (tertiary alicyclic amines) is 1. The Hall–Kier alpha value is -2.77. The average Bonchev–Trinajstić information content (AvgIpc) is 3.00. The van der Waals surface area contributed by atoms with Crippen LogP contribution in [-0.2, 0) is 9.16 Å². The second-order valence-electron chi connectivity index (χ2n) is 9.89. The van der Waals surface area contributed by atoms with Gasteiger partial charge in [-0.2, -0.15) is 0 Å². The summed E-state index contributed by atoms with van der Waals surface area (Å²) in [5, 5.41) is 0.0910. The molecule has 1 fully saturated rings. The van der Waals surface area contributed by atoms with Gasteiger partial charge in [0.05, 0.1) is 17.2 Å². The molecule has 0 radical (unpaired) electrons. The highest BCUT2D eigenvalue weighted by Crippen LogP contribution is 2.38. The van der Waals surface area contributed by atoms with Gasteiger partial charge in [0.1, 0.15) is 11.6 Å². The number of fused-ring (bicyclic) bond motifs is 1. The number of esters is 1. The predicted octanol–water partition coefficient (Wildman–Crippen LogP) is 5.34. The molecule has 4 rings (SSSR count). The largest absolute Gasteiger partial charge is 0.422 e. The molecule has 1 amide bonds. The number of carbonyl (C=O) groups excluding carboxylic acids is 2. The van der Waals surface area contributed by atoms with Crippen molar-refractivity contribution in [3.63, 3.8) is 0 Å². The van der Waals surface area contributed by atoms with Crippen molar-refractivity contribution < 1.29 is 23.1 Å². The summed E-state index contributed by atoms with van der Waals surface area (Å²) in [4.78, 5) is 26.6. The van der Waals surface area contributed by atoms with Crippen molar-refractivity contribution in [1.82, 2.24) is 4.90 Å². The van der Waals surface area contributed by atoms with E-state index in [1.165, 1.54) is 12.1 Å². The van der Waals surface area contributed by atoms with Crippen molar-refractivity contribution >= 4 is 32.0 Å². The highest BCUT2D eigenvalue weighted by molar-refractivity contribution is 6.74. The van der Waals surface area contributed by atoms with Crippen LogP contribution in [0.25, 0.3) is 11.8 Å². The number of cyclic esters (lactones) is 1. The van der Waals surface area contributed by atoms with Crippen molar-refractivity contribution in [3.8, 4) is 0 Å². The Morgan fingerprint density at radius 2 is 1.81 bits per heavy atom. The number of hydrogen-bond acceptors (Lipinski definition) is 4. The SMILES string of the molecule is CC(C)(C)[Si](C)(C)OC1CN(C(=O)c2cc(/C=C3\OC(=O)c4ccccc43)ccc2F)C1. The topological polar surface area (TPSA) is 55.8 Å². The maximum absolute atomic E-state index is 14.5. The second kappa shape index (κ2) is 7.97. The van der Waals surface area contributed by atoms with Crippen LogP contribution in [-0.4, -0.2) is 44.3 Å². The second-order valence-corrected chi connectivity index (χ2v) is 14.6. The molecule has 2 aromatic rings. The van der Waals surface area contributed by atoms with E-state index in [1.54, 1.807) is 35.2 Å². The van der Waals surface area contributed by atoms with E-state index < -0.39 is 20.1 Å². The van der Waals surface area contributed by atoms with Crippen LogP contribution in [0.15, 0.2) is 42.5 Å². The lowest BCUT2D eigenvalue weighted by molar-refractivity contribution is 0.0115. The molecule has 1 saturated heterocycles. The molecule has 5 nitrogen and oxygen atoms in total. The Morgan fingerprint density at radius 3 is 2.47 bits per heavy atom. The molecule has 7 heteroatoms. The minimum atomic E-state index is -1.92. The van der Waals surface area contributed by atoms with Crippen molar-refractivity contribution in [3.05, 3.63) is 70.5 Å². The summed E-state index contributed by atoms with van der Waals surface area (Å²) in [5.74, 6) is -0.961. The predicted molar refractivity (Wildman–Crippen MR) is 124 cm³/mol. The molecular formula is C25H28FNO4Si. The Labute approximate surface area is 189 Å². The first-order valence-corrected chi connectivity index (χ1v) is 13.7. The van der Waals surface area contributed by atoms with Crippen LogP contribution in [0.2, 0.25) is 18.1 Å². The Bertz CT molecular complexity index is 1110. The van der Waals surface area contributed by atoms with E-state index in [2.05, 4.69) is 33.9 Å². The highest BCUT2D eigenvalue weighted by Gasteiger charge is 2.43. The summed E-state index contributed by atoms with van der Waals surface area (Å²) in [5.41, 5.74) is 1.76. The van der Waals surface area contributed by atoms with Gasteiger partial charge in [0.15, 0.2) is 8.32 Å². The summed E-state index contributed by atoms with van der Waals surface area (Å²) in [6.45, 7) is 11.8. The van der Waals surface area contributed by atoms with E-state index in [1.807, 2.05) is 6.07 Å². The molecule has 32 heavy (non-hydrogen) atoms. The molecule has 0 N–H and O–H groups in total. The van der Waals surface area contributed by atoms with Crippen LogP contribution < -0.4 is 0 Å². The molecule has 0 aromatic heterocycles. The number of halogens is 1.